The first-order valence-corrected chi connectivity index (χ1v) is 8.16. The Morgan fingerprint density at radius 2 is 2.05 bits per heavy atom. The van der Waals surface area contributed by atoms with Gasteiger partial charge in [0.15, 0.2) is 0 Å². The van der Waals surface area contributed by atoms with E-state index < -0.39 is 5.60 Å². The van der Waals surface area contributed by atoms with E-state index in [9.17, 15) is 4.79 Å². The van der Waals surface area contributed by atoms with Crippen LogP contribution in [0.25, 0.3) is 10.1 Å². The maximum absolute atomic E-state index is 12.4. The Balaban J connectivity index is 1.90. The molecule has 1 amide bonds. The fourth-order valence-electron chi connectivity index (χ4n) is 2.78. The lowest BCUT2D eigenvalue weighted by Gasteiger charge is -2.34. The number of hydrogen-bond donors (Lipinski definition) is 0. The molecular formula is C17H21NO2S. The largest absolute Gasteiger partial charge is 0.444 e. The normalized spacial score (nSPS) is 18.7. The van der Waals surface area contributed by atoms with Crippen LogP contribution in [0, 0.1) is 0 Å². The quantitative estimate of drug-likeness (QED) is 0.713. The van der Waals surface area contributed by atoms with Gasteiger partial charge in [-0.2, -0.15) is 0 Å². The number of thiophene rings is 1. The van der Waals surface area contributed by atoms with Gasteiger partial charge in [-0.3, -0.25) is 0 Å². The molecule has 0 spiro atoms. The van der Waals surface area contributed by atoms with Crippen LogP contribution in [0.4, 0.5) is 4.79 Å². The second kappa shape index (κ2) is 5.02. The highest BCUT2D eigenvalue weighted by Gasteiger charge is 2.32. The Hall–Kier alpha value is -1.55. The molecule has 21 heavy (non-hydrogen) atoms. The summed E-state index contributed by atoms with van der Waals surface area (Å²) in [4.78, 5) is 15.5. The van der Waals surface area contributed by atoms with Crippen molar-refractivity contribution in [3.8, 4) is 0 Å². The Morgan fingerprint density at radius 3 is 2.76 bits per heavy atom. The van der Waals surface area contributed by atoms with Crippen molar-refractivity contribution >= 4 is 27.5 Å². The molecule has 1 aliphatic rings. The zero-order valence-corrected chi connectivity index (χ0v) is 13.8. The van der Waals surface area contributed by atoms with Crippen molar-refractivity contribution < 1.29 is 9.53 Å². The lowest BCUT2D eigenvalue weighted by atomic mass is 9.98. The molecule has 4 heteroatoms. The Kier molecular flexibility index (Phi) is 3.44. The van der Waals surface area contributed by atoms with E-state index >= 15 is 0 Å². The first-order valence-electron chi connectivity index (χ1n) is 7.34. The van der Waals surface area contributed by atoms with Crippen molar-refractivity contribution in [2.24, 2.45) is 0 Å². The van der Waals surface area contributed by atoms with Crippen LogP contribution in [0.3, 0.4) is 0 Å². The van der Waals surface area contributed by atoms with Crippen molar-refractivity contribution in [2.45, 2.75) is 52.3 Å². The summed E-state index contributed by atoms with van der Waals surface area (Å²) in [5, 5.41) is 1.34. The minimum absolute atomic E-state index is 0.172. The van der Waals surface area contributed by atoms with E-state index in [0.717, 1.165) is 6.42 Å². The molecule has 2 heterocycles. The molecule has 0 saturated heterocycles. The van der Waals surface area contributed by atoms with Crippen LogP contribution in [-0.4, -0.2) is 22.6 Å². The lowest BCUT2D eigenvalue weighted by Crippen LogP contribution is -2.44. The van der Waals surface area contributed by atoms with Crippen LogP contribution in [0.15, 0.2) is 24.3 Å². The number of ether oxygens (including phenoxy) is 1. The van der Waals surface area contributed by atoms with E-state index in [1.807, 2.05) is 25.7 Å². The van der Waals surface area contributed by atoms with Crippen LogP contribution in [0.1, 0.15) is 38.1 Å². The molecule has 3 rings (SSSR count). The van der Waals surface area contributed by atoms with E-state index in [1.54, 1.807) is 11.3 Å². The average Bonchev–Trinajstić information content (AvgIpc) is 2.73. The molecule has 1 atom stereocenters. The van der Waals surface area contributed by atoms with Gasteiger partial charge >= 0.3 is 6.09 Å². The Bertz CT molecular complexity index is 684. The van der Waals surface area contributed by atoms with E-state index in [1.165, 1.54) is 20.5 Å². The molecule has 112 valence electrons. The zero-order valence-electron chi connectivity index (χ0n) is 13.0. The molecule has 0 saturated carbocycles. The third kappa shape index (κ3) is 2.77. The minimum Gasteiger partial charge on any atom is -0.444 e. The number of rotatable bonds is 0. The topological polar surface area (TPSA) is 29.5 Å². The lowest BCUT2D eigenvalue weighted by molar-refractivity contribution is 0.0142. The molecule has 0 radical (unpaired) electrons. The molecule has 0 bridgehead atoms. The van der Waals surface area contributed by atoms with Crippen LogP contribution in [-0.2, 0) is 17.7 Å². The van der Waals surface area contributed by atoms with Gasteiger partial charge in [0.1, 0.15) is 5.60 Å². The predicted octanol–water partition coefficient (Wildman–Crippen LogP) is 4.58. The highest BCUT2D eigenvalue weighted by Crippen LogP contribution is 2.37. The third-order valence-corrected chi connectivity index (χ3v) is 4.95. The molecule has 2 aromatic rings. The molecule has 0 aliphatic carbocycles. The van der Waals surface area contributed by atoms with Crippen molar-refractivity contribution in [3.05, 3.63) is 34.7 Å². The van der Waals surface area contributed by atoms with Gasteiger partial charge < -0.3 is 9.64 Å². The molecular weight excluding hydrogens is 282 g/mol. The van der Waals surface area contributed by atoms with Crippen LogP contribution in [0.5, 0.6) is 0 Å². The SMILES string of the molecule is C[C@@H]1Cc2c(sc3ccccc23)CN1C(=O)OC(C)(C)C. The van der Waals surface area contributed by atoms with E-state index in [0.29, 0.717) is 6.54 Å². The summed E-state index contributed by atoms with van der Waals surface area (Å²) in [6.07, 6.45) is 0.691. The third-order valence-electron chi connectivity index (χ3n) is 3.76. The standard InChI is InChI=1S/C17H21NO2S/c1-11-9-13-12-7-5-6-8-14(12)21-15(13)10-18(11)16(19)20-17(2,3)4/h5-8,11H,9-10H2,1-4H3/t11-/m1/s1. The van der Waals surface area contributed by atoms with Gasteiger partial charge in [0.2, 0.25) is 0 Å². The van der Waals surface area contributed by atoms with Gasteiger partial charge in [0.05, 0.1) is 6.54 Å². The van der Waals surface area contributed by atoms with Crippen molar-refractivity contribution in [1.82, 2.24) is 4.90 Å². The van der Waals surface area contributed by atoms with Gasteiger partial charge in [0.25, 0.3) is 0 Å². The number of benzene rings is 1. The number of nitrogens with zero attached hydrogens (tertiary/aromatic N) is 1. The van der Waals surface area contributed by atoms with Gasteiger partial charge in [-0.05, 0) is 51.1 Å². The van der Waals surface area contributed by atoms with Crippen molar-refractivity contribution in [2.75, 3.05) is 0 Å². The Morgan fingerprint density at radius 1 is 1.33 bits per heavy atom. The van der Waals surface area contributed by atoms with Crippen LogP contribution < -0.4 is 0 Å². The molecule has 1 aromatic carbocycles. The number of carbonyl (C=O) groups excluding carboxylic acids is 1. The molecule has 1 aromatic heterocycles. The van der Waals surface area contributed by atoms with Crippen LogP contribution in [0.2, 0.25) is 0 Å². The molecule has 0 unspecified atom stereocenters. The van der Waals surface area contributed by atoms with Crippen LogP contribution >= 0.6 is 11.3 Å². The Labute approximate surface area is 129 Å². The highest BCUT2D eigenvalue weighted by molar-refractivity contribution is 7.19. The second-order valence-corrected chi connectivity index (χ2v) is 7.80. The van der Waals surface area contributed by atoms with Gasteiger partial charge in [-0.1, -0.05) is 18.2 Å². The number of hydrogen-bond acceptors (Lipinski definition) is 3. The number of carbonyl (C=O) groups is 1. The first kappa shape index (κ1) is 14.4. The predicted molar refractivity (Wildman–Crippen MR) is 86.8 cm³/mol. The van der Waals surface area contributed by atoms with Crippen molar-refractivity contribution in [3.63, 3.8) is 0 Å². The monoisotopic (exact) mass is 303 g/mol. The summed E-state index contributed by atoms with van der Waals surface area (Å²) in [5.41, 5.74) is 0.958. The van der Waals surface area contributed by atoms with Gasteiger partial charge in [-0.25, -0.2) is 4.79 Å². The molecule has 3 nitrogen and oxygen atoms in total. The van der Waals surface area contributed by atoms with E-state index in [2.05, 4.69) is 31.2 Å². The maximum Gasteiger partial charge on any atom is 0.410 e. The van der Waals surface area contributed by atoms with Gasteiger partial charge in [0, 0.05) is 15.6 Å². The summed E-state index contributed by atoms with van der Waals surface area (Å²) in [7, 11) is 0. The van der Waals surface area contributed by atoms with Gasteiger partial charge in [-0.15, -0.1) is 11.3 Å². The van der Waals surface area contributed by atoms with E-state index in [-0.39, 0.29) is 12.1 Å². The summed E-state index contributed by atoms with van der Waals surface area (Å²) in [6, 6.07) is 8.66. The molecule has 0 fully saturated rings. The summed E-state index contributed by atoms with van der Waals surface area (Å²) < 4.78 is 6.83. The first-order chi connectivity index (χ1) is 9.85. The fourth-order valence-corrected chi connectivity index (χ4v) is 4.02. The summed E-state index contributed by atoms with van der Waals surface area (Å²) in [5.74, 6) is 0. The number of amides is 1. The summed E-state index contributed by atoms with van der Waals surface area (Å²) in [6.45, 7) is 8.48. The zero-order chi connectivity index (χ0) is 15.2. The van der Waals surface area contributed by atoms with Crippen molar-refractivity contribution in [1.29, 1.82) is 0 Å². The average molecular weight is 303 g/mol. The number of fused-ring (bicyclic) bond motifs is 3. The second-order valence-electron chi connectivity index (χ2n) is 6.66. The molecule has 0 N–H and O–H groups in total. The highest BCUT2D eigenvalue weighted by atomic mass is 32.1. The maximum atomic E-state index is 12.4. The smallest absolute Gasteiger partial charge is 0.410 e. The molecule has 1 aliphatic heterocycles. The fraction of sp³-hybridized carbons (Fsp3) is 0.471. The summed E-state index contributed by atoms with van der Waals surface area (Å²) >= 11 is 1.79. The van der Waals surface area contributed by atoms with E-state index in [4.69, 9.17) is 4.74 Å². The minimum atomic E-state index is -0.447.